The summed E-state index contributed by atoms with van der Waals surface area (Å²) in [4.78, 5) is 93.9. The highest BCUT2D eigenvalue weighted by Gasteiger charge is 2.46. The fourth-order valence-corrected chi connectivity index (χ4v) is 8.19. The lowest BCUT2D eigenvalue weighted by Crippen LogP contribution is -2.52. The second-order valence-corrected chi connectivity index (χ2v) is 15.3. The van der Waals surface area contributed by atoms with Crippen molar-refractivity contribution in [3.05, 3.63) is 97.6 Å². The summed E-state index contributed by atoms with van der Waals surface area (Å²) in [6, 6.07) is 10.1. The molecule has 2 aromatic heterocycles. The quantitative estimate of drug-likeness (QED) is 0.0399. The van der Waals surface area contributed by atoms with Gasteiger partial charge in [0.1, 0.15) is 31.8 Å². The molecule has 4 heterocycles. The van der Waals surface area contributed by atoms with Crippen molar-refractivity contribution in [2.75, 3.05) is 39.6 Å². The topological polar surface area (TPSA) is 271 Å². The number of nitrogens with one attached hydrogen (secondary N) is 5. The monoisotopic (exact) mass is 870 g/mol. The number of pyridine rings is 2. The Morgan fingerprint density at radius 2 is 1.78 bits per heavy atom. The minimum atomic E-state index is -2.03. The van der Waals surface area contributed by atoms with Crippen LogP contribution in [0.25, 0.3) is 22.3 Å². The minimum Gasteiger partial charge on any atom is -0.458 e. The van der Waals surface area contributed by atoms with E-state index in [0.29, 0.717) is 51.8 Å². The van der Waals surface area contributed by atoms with Crippen molar-refractivity contribution >= 4 is 46.6 Å². The zero-order valence-corrected chi connectivity index (χ0v) is 34.6. The zero-order chi connectivity index (χ0) is 45.0. The van der Waals surface area contributed by atoms with Crippen LogP contribution in [0.3, 0.4) is 0 Å². The smallest absolute Gasteiger partial charge is 0.407 e. The average molecular weight is 871 g/mol. The lowest BCUT2D eigenvalue weighted by Gasteiger charge is -2.31. The van der Waals surface area contributed by atoms with Gasteiger partial charge in [-0.05, 0) is 54.5 Å². The number of hydrogen-bond acceptors (Lipinski definition) is 13. The largest absolute Gasteiger partial charge is 0.458 e. The Morgan fingerprint density at radius 1 is 1.02 bits per heavy atom. The number of halogens is 1. The number of hydrogen-bond donors (Lipinski definition) is 7. The highest BCUT2D eigenvalue weighted by Crippen LogP contribution is 2.46. The normalized spacial score (nSPS) is 17.3. The number of aryl methyl sites for hydroxylation is 1. The summed E-state index contributed by atoms with van der Waals surface area (Å²) >= 11 is 0. The van der Waals surface area contributed by atoms with E-state index >= 15 is 4.39 Å². The highest BCUT2D eigenvalue weighted by molar-refractivity contribution is 5.94. The van der Waals surface area contributed by atoms with Gasteiger partial charge in [0.05, 0.1) is 61.3 Å². The molecule has 5 amide bonds. The van der Waals surface area contributed by atoms with Crippen LogP contribution in [-0.4, -0.2) is 96.0 Å². The van der Waals surface area contributed by atoms with Gasteiger partial charge in [-0.2, -0.15) is 0 Å². The first-order valence-corrected chi connectivity index (χ1v) is 20.4. The van der Waals surface area contributed by atoms with Gasteiger partial charge in [-0.25, -0.2) is 19.0 Å². The van der Waals surface area contributed by atoms with Crippen molar-refractivity contribution in [3.8, 4) is 11.4 Å². The third kappa shape index (κ3) is 9.09. The molecule has 2 aromatic carbocycles. The summed E-state index contributed by atoms with van der Waals surface area (Å²) in [6.07, 6.45) is 0.106. The second kappa shape index (κ2) is 18.7. The van der Waals surface area contributed by atoms with Crippen LogP contribution < -0.4 is 37.9 Å². The van der Waals surface area contributed by atoms with E-state index in [1.807, 2.05) is 0 Å². The number of carbonyl (C=O) groups excluding carboxylic acids is 6. The highest BCUT2D eigenvalue weighted by atomic mass is 19.1. The Bertz CT molecular complexity index is 2570. The van der Waals surface area contributed by atoms with Gasteiger partial charge in [0, 0.05) is 29.0 Å². The molecular formula is C43H47FN8O11. The zero-order valence-electron chi connectivity index (χ0n) is 34.6. The van der Waals surface area contributed by atoms with Gasteiger partial charge < -0.3 is 56.2 Å². The molecule has 0 bridgehead atoms. The number of amides is 5. The summed E-state index contributed by atoms with van der Waals surface area (Å²) < 4.78 is 32.8. The molecule has 0 spiro atoms. The van der Waals surface area contributed by atoms with Crippen LogP contribution in [0, 0.1) is 12.7 Å². The molecule has 19 nitrogen and oxygen atoms in total. The maximum atomic E-state index is 15.3. The number of esters is 1. The van der Waals surface area contributed by atoms with E-state index < -0.39 is 71.3 Å². The molecule has 4 aromatic rings. The molecule has 1 aliphatic carbocycles. The van der Waals surface area contributed by atoms with Crippen molar-refractivity contribution in [2.24, 2.45) is 5.73 Å². The average Bonchev–Trinajstić information content (AvgIpc) is 3.65. The Kier molecular flexibility index (Phi) is 13.1. The van der Waals surface area contributed by atoms with Crippen LogP contribution in [0.5, 0.6) is 0 Å². The number of aromatic nitrogens is 2. The molecule has 332 valence electrons. The number of aliphatic hydroxyl groups is 1. The summed E-state index contributed by atoms with van der Waals surface area (Å²) in [5.74, 6) is -3.71. The third-order valence-electron chi connectivity index (χ3n) is 11.5. The van der Waals surface area contributed by atoms with Crippen molar-refractivity contribution in [1.29, 1.82) is 0 Å². The van der Waals surface area contributed by atoms with Crippen LogP contribution in [0.4, 0.5) is 9.18 Å². The van der Waals surface area contributed by atoms with E-state index in [4.69, 9.17) is 24.9 Å². The lowest BCUT2D eigenvalue weighted by atomic mass is 9.81. The molecule has 7 rings (SSSR count). The summed E-state index contributed by atoms with van der Waals surface area (Å²) in [6.45, 7) is 1.34. The summed E-state index contributed by atoms with van der Waals surface area (Å²) in [7, 11) is 0. The number of nitrogens with two attached hydrogens (primary N) is 1. The summed E-state index contributed by atoms with van der Waals surface area (Å²) in [5.41, 5.74) is 7.32. The van der Waals surface area contributed by atoms with Crippen LogP contribution >= 0.6 is 0 Å². The molecule has 0 unspecified atom stereocenters. The Labute approximate surface area is 359 Å². The molecule has 0 saturated carbocycles. The fourth-order valence-electron chi connectivity index (χ4n) is 8.19. The molecule has 2 aliphatic heterocycles. The molecule has 0 radical (unpaired) electrons. The number of ether oxygens (including phenoxy) is 3. The molecule has 20 heteroatoms. The predicted molar refractivity (Wildman–Crippen MR) is 221 cm³/mol. The van der Waals surface area contributed by atoms with Gasteiger partial charge >= 0.3 is 12.1 Å². The maximum absolute atomic E-state index is 15.3. The maximum Gasteiger partial charge on any atom is 0.407 e. The number of benzene rings is 2. The molecule has 0 saturated heterocycles. The Hall–Kier alpha value is -6.77. The molecular weight excluding hydrogens is 824 g/mol. The number of rotatable bonds is 16. The van der Waals surface area contributed by atoms with E-state index in [1.165, 1.54) is 10.6 Å². The van der Waals surface area contributed by atoms with Gasteiger partial charge in [0.25, 0.3) is 5.56 Å². The Morgan fingerprint density at radius 3 is 2.52 bits per heavy atom. The van der Waals surface area contributed by atoms with Crippen molar-refractivity contribution in [1.82, 2.24) is 36.1 Å². The predicted octanol–water partition coefficient (Wildman–Crippen LogP) is 0.250. The van der Waals surface area contributed by atoms with E-state index in [-0.39, 0.29) is 70.2 Å². The van der Waals surface area contributed by atoms with E-state index in [0.717, 1.165) is 11.1 Å². The van der Waals surface area contributed by atoms with Crippen molar-refractivity contribution in [3.63, 3.8) is 0 Å². The number of fused-ring (bicyclic) bond motifs is 5. The molecule has 8 N–H and O–H groups in total. The fraction of sp³-hybridized carbons (Fsp3) is 0.395. The first-order chi connectivity index (χ1) is 30.2. The number of carbonyl (C=O) groups is 6. The standard InChI is InChI=1S/C43H47FN8O11/c1-3-43(60)27-14-32-38-25(19-52(32)40(57)26(27)20-63-41(43)58)37-29(10-9-24-22(2)28(44)15-30(50-38)36(24)37)51-42(59)62-12-11-61-21-48-34(54)17-47-39(56)31(13-23-7-5-4-6-8-23)49-35(55)18-46-33(53)16-45/h4-8,14-15,29,31,60H,3,9-13,16-21,45H2,1-2H3,(H,46,53)(H,47,56)(H,48,54)(H,49,55)(H,51,59)/t29-,31-,43-/m0/s1. The number of alkyl carbamates (subject to hydrolysis) is 1. The summed E-state index contributed by atoms with van der Waals surface area (Å²) in [5, 5.41) is 24.7. The van der Waals surface area contributed by atoms with E-state index in [1.54, 1.807) is 50.2 Å². The SMILES string of the molecule is CC[C@@]1(O)C(=O)OCc2c1cc1n(c2=O)Cc2c-1nc1cc(F)c(C)c3c1c2[C@@H](NC(=O)OCCOCNC(=O)CNC(=O)[C@H](Cc1ccccc1)NC(=O)CNC(=O)CN)CC3. The first kappa shape index (κ1) is 44.3. The van der Waals surface area contributed by atoms with Crippen LogP contribution in [0.15, 0.2) is 47.3 Å². The number of nitrogens with zero attached hydrogens (tertiary/aromatic N) is 2. The van der Waals surface area contributed by atoms with Gasteiger partial charge in [-0.1, -0.05) is 37.3 Å². The van der Waals surface area contributed by atoms with Crippen molar-refractivity contribution in [2.45, 2.75) is 70.4 Å². The Balaban J connectivity index is 0.943. The van der Waals surface area contributed by atoms with Crippen LogP contribution in [0.1, 0.15) is 64.8 Å². The van der Waals surface area contributed by atoms with Gasteiger partial charge in [0.15, 0.2) is 5.60 Å². The molecule has 3 aliphatic rings. The van der Waals surface area contributed by atoms with Crippen LogP contribution in [-0.2, 0) is 69.8 Å². The lowest BCUT2D eigenvalue weighted by molar-refractivity contribution is -0.172. The third-order valence-corrected chi connectivity index (χ3v) is 11.5. The molecule has 0 fully saturated rings. The second-order valence-electron chi connectivity index (χ2n) is 15.3. The molecule has 63 heavy (non-hydrogen) atoms. The first-order valence-electron chi connectivity index (χ1n) is 20.4. The van der Waals surface area contributed by atoms with Gasteiger partial charge in [0.2, 0.25) is 23.6 Å². The number of cyclic esters (lactones) is 1. The van der Waals surface area contributed by atoms with E-state index in [2.05, 4.69) is 26.6 Å². The van der Waals surface area contributed by atoms with E-state index in [9.17, 15) is 38.7 Å². The minimum absolute atomic E-state index is 0.0341. The van der Waals surface area contributed by atoms with Gasteiger partial charge in [-0.3, -0.25) is 24.0 Å². The van der Waals surface area contributed by atoms with Crippen molar-refractivity contribution < 1.29 is 52.5 Å². The molecule has 3 atom stereocenters. The van der Waals surface area contributed by atoms with Gasteiger partial charge in [-0.15, -0.1) is 0 Å². The van der Waals surface area contributed by atoms with Crippen LogP contribution in [0.2, 0.25) is 0 Å².